The largest absolute Gasteiger partial charge is 0.486 e. The highest BCUT2D eigenvalue weighted by molar-refractivity contribution is 7.91. The van der Waals surface area contributed by atoms with Crippen LogP contribution in [0.2, 0.25) is 4.34 Å². The highest BCUT2D eigenvalue weighted by atomic mass is 35.5. The van der Waals surface area contributed by atoms with Crippen LogP contribution in [-0.4, -0.2) is 21.6 Å². The molecule has 124 valence electrons. The second kappa shape index (κ2) is 5.98. The monoisotopic (exact) mass is 373 g/mol. The van der Waals surface area contributed by atoms with Gasteiger partial charge in [-0.2, -0.15) is 0 Å². The Labute approximate surface area is 144 Å². The fourth-order valence-electron chi connectivity index (χ4n) is 2.32. The fourth-order valence-corrected chi connectivity index (χ4v) is 5.20. The van der Waals surface area contributed by atoms with Crippen molar-refractivity contribution in [2.75, 3.05) is 13.2 Å². The van der Waals surface area contributed by atoms with Crippen molar-refractivity contribution in [3.63, 3.8) is 0 Å². The molecule has 1 N–H and O–H groups in total. The molecule has 1 aliphatic heterocycles. The van der Waals surface area contributed by atoms with Gasteiger partial charge < -0.3 is 9.47 Å². The molecule has 0 amide bonds. The van der Waals surface area contributed by atoms with Gasteiger partial charge in [-0.25, -0.2) is 13.1 Å². The van der Waals surface area contributed by atoms with E-state index in [1.54, 1.807) is 32.0 Å². The number of hydrogen-bond acceptors (Lipinski definition) is 5. The van der Waals surface area contributed by atoms with Crippen LogP contribution in [-0.2, 0) is 15.6 Å². The van der Waals surface area contributed by atoms with Crippen molar-refractivity contribution in [3.05, 3.63) is 40.2 Å². The van der Waals surface area contributed by atoms with Gasteiger partial charge in [-0.3, -0.25) is 0 Å². The summed E-state index contributed by atoms with van der Waals surface area (Å²) < 4.78 is 39.4. The molecule has 0 bridgehead atoms. The standard InChI is InChI=1S/C15H16ClNO4S2/c1-15(2,17-23(18,19)14-6-5-13(16)22-14)10-3-4-11-12(9-10)21-8-7-20-11/h3-6,9,17H,7-8H2,1-2H3. The van der Waals surface area contributed by atoms with E-state index in [0.717, 1.165) is 16.9 Å². The lowest BCUT2D eigenvalue weighted by atomic mass is 9.95. The molecular formula is C15H16ClNO4S2. The van der Waals surface area contributed by atoms with Gasteiger partial charge in [0.2, 0.25) is 0 Å². The summed E-state index contributed by atoms with van der Waals surface area (Å²) in [7, 11) is -3.65. The van der Waals surface area contributed by atoms with Crippen molar-refractivity contribution in [2.24, 2.45) is 0 Å². The summed E-state index contributed by atoms with van der Waals surface area (Å²) in [6.07, 6.45) is 0. The molecule has 0 saturated heterocycles. The predicted octanol–water partition coefficient (Wildman–Crippen LogP) is 3.39. The van der Waals surface area contributed by atoms with Crippen LogP contribution in [0.5, 0.6) is 11.5 Å². The lowest BCUT2D eigenvalue weighted by molar-refractivity contribution is 0.171. The summed E-state index contributed by atoms with van der Waals surface area (Å²) in [5.41, 5.74) is -0.0292. The molecule has 0 atom stereocenters. The molecule has 5 nitrogen and oxygen atoms in total. The van der Waals surface area contributed by atoms with Gasteiger partial charge in [0.15, 0.2) is 11.5 Å². The molecule has 0 radical (unpaired) electrons. The molecule has 0 spiro atoms. The lowest BCUT2D eigenvalue weighted by Gasteiger charge is -2.28. The third-order valence-electron chi connectivity index (χ3n) is 3.47. The third-order valence-corrected chi connectivity index (χ3v) is 6.85. The summed E-state index contributed by atoms with van der Waals surface area (Å²) in [6.45, 7) is 4.59. The highest BCUT2D eigenvalue weighted by Crippen LogP contribution is 2.35. The SMILES string of the molecule is CC(C)(NS(=O)(=O)c1ccc(Cl)s1)c1ccc2c(c1)OCCO2. The van der Waals surface area contributed by atoms with Gasteiger partial charge in [0.1, 0.15) is 17.4 Å². The van der Waals surface area contributed by atoms with Gasteiger partial charge in [0.05, 0.1) is 9.88 Å². The van der Waals surface area contributed by atoms with E-state index in [0.29, 0.717) is 29.0 Å². The van der Waals surface area contributed by atoms with Crippen LogP contribution in [0.15, 0.2) is 34.5 Å². The molecule has 1 aliphatic rings. The minimum atomic E-state index is -3.65. The van der Waals surface area contributed by atoms with Crippen LogP contribution < -0.4 is 14.2 Å². The van der Waals surface area contributed by atoms with E-state index in [-0.39, 0.29) is 4.21 Å². The van der Waals surface area contributed by atoms with Gasteiger partial charge in [-0.1, -0.05) is 17.7 Å². The van der Waals surface area contributed by atoms with Crippen LogP contribution >= 0.6 is 22.9 Å². The molecule has 1 aromatic carbocycles. The Kier molecular flexibility index (Phi) is 4.31. The van der Waals surface area contributed by atoms with Crippen LogP contribution in [0, 0.1) is 0 Å². The van der Waals surface area contributed by atoms with Gasteiger partial charge in [0, 0.05) is 0 Å². The Morgan fingerprint density at radius 1 is 1.13 bits per heavy atom. The number of halogens is 1. The number of thiophene rings is 1. The third kappa shape index (κ3) is 3.47. The van der Waals surface area contributed by atoms with Crippen LogP contribution in [0.3, 0.4) is 0 Å². The molecule has 0 aliphatic carbocycles. The van der Waals surface area contributed by atoms with Crippen molar-refractivity contribution < 1.29 is 17.9 Å². The second-order valence-electron chi connectivity index (χ2n) is 5.65. The van der Waals surface area contributed by atoms with E-state index in [1.165, 1.54) is 6.07 Å². The molecule has 2 aromatic rings. The summed E-state index contributed by atoms with van der Waals surface area (Å²) in [5.74, 6) is 1.30. The number of fused-ring (bicyclic) bond motifs is 1. The first-order valence-electron chi connectivity index (χ1n) is 6.97. The van der Waals surface area contributed by atoms with E-state index in [1.807, 2.05) is 6.07 Å². The van der Waals surface area contributed by atoms with E-state index in [2.05, 4.69) is 4.72 Å². The molecule has 8 heteroatoms. The van der Waals surface area contributed by atoms with Gasteiger partial charge in [0.25, 0.3) is 10.0 Å². The van der Waals surface area contributed by atoms with Crippen molar-refractivity contribution >= 4 is 33.0 Å². The zero-order valence-electron chi connectivity index (χ0n) is 12.6. The smallest absolute Gasteiger partial charge is 0.250 e. The Morgan fingerprint density at radius 3 is 2.48 bits per heavy atom. The number of sulfonamides is 1. The quantitative estimate of drug-likeness (QED) is 0.892. The Bertz CT molecular complexity index is 830. The zero-order chi connectivity index (χ0) is 16.7. The number of nitrogens with one attached hydrogen (secondary N) is 1. The second-order valence-corrected chi connectivity index (χ2v) is 9.27. The van der Waals surface area contributed by atoms with Crippen LogP contribution in [0.25, 0.3) is 0 Å². The normalized spacial score (nSPS) is 14.7. The summed E-state index contributed by atoms with van der Waals surface area (Å²) in [5, 5.41) is 0. The number of hydrogen-bond donors (Lipinski definition) is 1. The minimum Gasteiger partial charge on any atom is -0.486 e. The van der Waals surface area contributed by atoms with Crippen molar-refractivity contribution in [2.45, 2.75) is 23.6 Å². The fraction of sp³-hybridized carbons (Fsp3) is 0.333. The first-order chi connectivity index (χ1) is 10.8. The summed E-state index contributed by atoms with van der Waals surface area (Å²) in [6, 6.07) is 8.49. The van der Waals surface area contributed by atoms with Gasteiger partial charge >= 0.3 is 0 Å². The van der Waals surface area contributed by atoms with Crippen molar-refractivity contribution in [3.8, 4) is 11.5 Å². The lowest BCUT2D eigenvalue weighted by Crippen LogP contribution is -2.40. The predicted molar refractivity (Wildman–Crippen MR) is 90.1 cm³/mol. The molecule has 3 rings (SSSR count). The van der Waals surface area contributed by atoms with Gasteiger partial charge in [-0.05, 0) is 43.7 Å². The van der Waals surface area contributed by atoms with Crippen molar-refractivity contribution in [1.82, 2.24) is 4.72 Å². The Balaban J connectivity index is 1.89. The first-order valence-corrected chi connectivity index (χ1v) is 9.65. The van der Waals surface area contributed by atoms with Crippen molar-refractivity contribution in [1.29, 1.82) is 0 Å². The number of rotatable bonds is 4. The molecule has 0 fully saturated rings. The number of benzene rings is 1. The maximum Gasteiger partial charge on any atom is 0.250 e. The Morgan fingerprint density at radius 2 is 1.83 bits per heavy atom. The molecule has 1 aromatic heterocycles. The topological polar surface area (TPSA) is 64.6 Å². The summed E-state index contributed by atoms with van der Waals surface area (Å²) in [4.78, 5) is 0. The number of ether oxygens (including phenoxy) is 2. The molecular weight excluding hydrogens is 358 g/mol. The molecule has 0 unspecified atom stereocenters. The van der Waals surface area contributed by atoms with Crippen LogP contribution in [0.1, 0.15) is 19.4 Å². The Hall–Kier alpha value is -1.28. The summed E-state index contributed by atoms with van der Waals surface area (Å²) >= 11 is 6.85. The maximum atomic E-state index is 12.5. The van der Waals surface area contributed by atoms with E-state index < -0.39 is 15.6 Å². The highest BCUT2D eigenvalue weighted by Gasteiger charge is 2.30. The zero-order valence-corrected chi connectivity index (χ0v) is 15.0. The maximum absolute atomic E-state index is 12.5. The van der Waals surface area contributed by atoms with Gasteiger partial charge in [-0.15, -0.1) is 11.3 Å². The van der Waals surface area contributed by atoms with E-state index >= 15 is 0 Å². The minimum absolute atomic E-state index is 0.188. The average molecular weight is 374 g/mol. The molecule has 2 heterocycles. The first kappa shape index (κ1) is 16.6. The van der Waals surface area contributed by atoms with E-state index in [4.69, 9.17) is 21.1 Å². The van der Waals surface area contributed by atoms with Crippen LogP contribution in [0.4, 0.5) is 0 Å². The van der Waals surface area contributed by atoms with E-state index in [9.17, 15) is 8.42 Å². The molecule has 0 saturated carbocycles. The molecule has 23 heavy (non-hydrogen) atoms. The average Bonchev–Trinajstić information content (AvgIpc) is 2.93.